The van der Waals surface area contributed by atoms with Gasteiger partial charge in [-0.1, -0.05) is 12.1 Å². The lowest BCUT2D eigenvalue weighted by molar-refractivity contribution is -0.122. The van der Waals surface area contributed by atoms with Gasteiger partial charge in [-0.15, -0.1) is 0 Å². The van der Waals surface area contributed by atoms with Gasteiger partial charge in [0.05, 0.1) is 18.1 Å². The molecule has 1 fully saturated rings. The van der Waals surface area contributed by atoms with Gasteiger partial charge in [-0.2, -0.15) is 0 Å². The van der Waals surface area contributed by atoms with Crippen LogP contribution in [0.15, 0.2) is 18.2 Å². The molecule has 0 bridgehead atoms. The number of carbonyl (C=O) groups excluding carboxylic acids is 1. The third-order valence-corrected chi connectivity index (χ3v) is 5.56. The lowest BCUT2D eigenvalue weighted by Gasteiger charge is -2.31. The van der Waals surface area contributed by atoms with Crippen LogP contribution >= 0.6 is 0 Å². The first-order chi connectivity index (χ1) is 13.5. The third kappa shape index (κ3) is 5.04. The largest absolute Gasteiger partial charge is 0.547 e. The topological polar surface area (TPSA) is 128 Å². The Morgan fingerprint density at radius 2 is 1.96 bits per heavy atom. The van der Waals surface area contributed by atoms with Gasteiger partial charge in [-0.05, 0) is 49.7 Å². The number of nitrogens with one attached hydrogen (secondary N) is 2. The molecule has 0 radical (unpaired) electrons. The Bertz CT molecular complexity index is 708. The Labute approximate surface area is 164 Å². The number of carbonyl (C=O) groups is 2. The second-order valence-corrected chi connectivity index (χ2v) is 7.59. The first-order valence-corrected chi connectivity index (χ1v) is 9.81. The minimum atomic E-state index is -1.28. The van der Waals surface area contributed by atoms with Crippen molar-refractivity contribution in [1.82, 2.24) is 10.6 Å². The summed E-state index contributed by atoms with van der Waals surface area (Å²) in [6.45, 7) is 0.728. The molecule has 9 heteroatoms. The highest BCUT2D eigenvalue weighted by Crippen LogP contribution is 2.31. The molecule has 152 valence electrons. The summed E-state index contributed by atoms with van der Waals surface area (Å²) in [6, 6.07) is 5.21. The van der Waals surface area contributed by atoms with Crippen molar-refractivity contribution in [2.24, 2.45) is 5.92 Å². The summed E-state index contributed by atoms with van der Waals surface area (Å²) in [4.78, 5) is 23.7. The number of aliphatic hydroxyl groups is 1. The van der Waals surface area contributed by atoms with Crippen LogP contribution in [0.3, 0.4) is 0 Å². The van der Waals surface area contributed by atoms with Crippen molar-refractivity contribution in [1.29, 1.82) is 0 Å². The first-order valence-electron chi connectivity index (χ1n) is 9.81. The highest BCUT2D eigenvalue weighted by atomic mass is 16.5. The Morgan fingerprint density at radius 1 is 1.21 bits per heavy atom. The van der Waals surface area contributed by atoms with Crippen molar-refractivity contribution in [3.05, 3.63) is 29.3 Å². The SMILES string of the molecule is O=C(CC1CCC(NCCO)CC1)NC1Cc2cccc(C(=O)O)c2OB1O. The van der Waals surface area contributed by atoms with Gasteiger partial charge in [0, 0.05) is 19.0 Å². The number of hydrogen-bond acceptors (Lipinski definition) is 6. The quantitative estimate of drug-likeness (QED) is 0.425. The van der Waals surface area contributed by atoms with Crippen molar-refractivity contribution in [3.63, 3.8) is 0 Å². The molecule has 1 aliphatic carbocycles. The fourth-order valence-corrected chi connectivity index (χ4v) is 4.08. The summed E-state index contributed by atoms with van der Waals surface area (Å²) in [7, 11) is -1.28. The molecule has 1 unspecified atom stereocenters. The molecule has 1 aliphatic heterocycles. The Morgan fingerprint density at radius 3 is 2.64 bits per heavy atom. The lowest BCUT2D eigenvalue weighted by Crippen LogP contribution is -2.53. The van der Waals surface area contributed by atoms with Crippen LogP contribution < -0.4 is 15.3 Å². The summed E-state index contributed by atoms with van der Waals surface area (Å²) >= 11 is 0. The van der Waals surface area contributed by atoms with Crippen LogP contribution in [0.1, 0.15) is 48.0 Å². The Balaban J connectivity index is 1.51. The normalized spacial score (nSPS) is 24.2. The molecule has 1 amide bonds. The number of carboxylic acids is 1. The van der Waals surface area contributed by atoms with E-state index < -0.39 is 19.0 Å². The van der Waals surface area contributed by atoms with E-state index in [-0.39, 0.29) is 23.8 Å². The minimum Gasteiger partial charge on any atom is -0.534 e. The maximum absolute atomic E-state index is 12.4. The number of aliphatic hydroxyl groups excluding tert-OH is 1. The maximum atomic E-state index is 12.4. The van der Waals surface area contributed by atoms with Crippen LogP contribution in [-0.4, -0.2) is 59.4 Å². The molecule has 1 aromatic rings. The van der Waals surface area contributed by atoms with Crippen LogP contribution in [0.5, 0.6) is 5.75 Å². The Kier molecular flexibility index (Phi) is 6.93. The second kappa shape index (κ2) is 9.40. The van der Waals surface area contributed by atoms with Gasteiger partial charge >= 0.3 is 13.1 Å². The molecule has 0 aromatic heterocycles. The number of amides is 1. The zero-order valence-corrected chi connectivity index (χ0v) is 15.8. The van der Waals surface area contributed by atoms with Crippen molar-refractivity contribution in [3.8, 4) is 5.75 Å². The molecule has 5 N–H and O–H groups in total. The minimum absolute atomic E-state index is 0.00731. The van der Waals surface area contributed by atoms with Gasteiger partial charge in [0.2, 0.25) is 5.91 Å². The molecule has 2 aliphatic rings. The molecule has 1 atom stereocenters. The molecule has 3 rings (SSSR count). The van der Waals surface area contributed by atoms with E-state index >= 15 is 0 Å². The number of carboxylic acid groups (broad SMARTS) is 1. The Hall–Kier alpha value is -2.10. The van der Waals surface area contributed by atoms with Crippen molar-refractivity contribution in [2.75, 3.05) is 13.2 Å². The number of fused-ring (bicyclic) bond motifs is 1. The number of aromatic carboxylic acids is 1. The molecule has 1 heterocycles. The zero-order chi connectivity index (χ0) is 20.1. The number of hydrogen-bond donors (Lipinski definition) is 5. The van der Waals surface area contributed by atoms with Gasteiger partial charge in [-0.25, -0.2) is 4.79 Å². The van der Waals surface area contributed by atoms with Gasteiger partial charge in [-0.3, -0.25) is 4.79 Å². The molecule has 1 aromatic carbocycles. The summed E-state index contributed by atoms with van der Waals surface area (Å²) in [6.07, 6.45) is 4.59. The molecule has 28 heavy (non-hydrogen) atoms. The van der Waals surface area contributed by atoms with Crippen LogP contribution in [0.25, 0.3) is 0 Å². The molecule has 0 saturated heterocycles. The van der Waals surface area contributed by atoms with E-state index in [0.29, 0.717) is 36.9 Å². The van der Waals surface area contributed by atoms with Gasteiger partial charge in [0.25, 0.3) is 0 Å². The first kappa shape index (κ1) is 20.6. The molecule has 0 spiro atoms. The maximum Gasteiger partial charge on any atom is 0.547 e. The summed E-state index contributed by atoms with van der Waals surface area (Å²) in [5.74, 6) is -1.37. The van der Waals surface area contributed by atoms with E-state index in [1.165, 1.54) is 6.07 Å². The second-order valence-electron chi connectivity index (χ2n) is 7.59. The predicted molar refractivity (Wildman–Crippen MR) is 103 cm³/mol. The van der Waals surface area contributed by atoms with E-state index in [4.69, 9.17) is 9.76 Å². The van der Waals surface area contributed by atoms with E-state index in [1.807, 2.05) is 0 Å². The molecular weight excluding hydrogens is 363 g/mol. The summed E-state index contributed by atoms with van der Waals surface area (Å²) in [5.41, 5.74) is 0.666. The van der Waals surface area contributed by atoms with Crippen LogP contribution in [0.4, 0.5) is 0 Å². The van der Waals surface area contributed by atoms with Crippen LogP contribution in [0, 0.1) is 5.92 Å². The van der Waals surface area contributed by atoms with Crippen molar-refractivity contribution in [2.45, 2.75) is 50.5 Å². The van der Waals surface area contributed by atoms with E-state index in [1.54, 1.807) is 12.1 Å². The van der Waals surface area contributed by atoms with E-state index in [0.717, 1.165) is 25.7 Å². The zero-order valence-electron chi connectivity index (χ0n) is 15.8. The van der Waals surface area contributed by atoms with Gasteiger partial charge < -0.3 is 30.5 Å². The van der Waals surface area contributed by atoms with Crippen molar-refractivity contribution >= 4 is 19.0 Å². The predicted octanol–water partition coefficient (Wildman–Crippen LogP) is 0.355. The average molecular weight is 390 g/mol. The van der Waals surface area contributed by atoms with E-state index in [9.17, 15) is 19.7 Å². The van der Waals surface area contributed by atoms with Gasteiger partial charge in [0.1, 0.15) is 5.75 Å². The number of rotatable bonds is 7. The summed E-state index contributed by atoms with van der Waals surface area (Å²) < 4.78 is 5.41. The average Bonchev–Trinajstić information content (AvgIpc) is 2.67. The monoisotopic (exact) mass is 390 g/mol. The lowest BCUT2D eigenvalue weighted by atomic mass is 9.72. The summed E-state index contributed by atoms with van der Waals surface area (Å²) in [5, 5.41) is 34.5. The standard InChI is InChI=1S/C19H27BN2O6/c23-9-8-21-14-6-4-12(5-7-14)10-17(24)22-16-11-13-2-1-3-15(19(25)26)18(13)28-20(16)27/h1-3,12,14,16,21,23,27H,4-11H2,(H,22,24)(H,25,26). The van der Waals surface area contributed by atoms with Gasteiger partial charge in [0.15, 0.2) is 0 Å². The smallest absolute Gasteiger partial charge is 0.534 e. The fourth-order valence-electron chi connectivity index (χ4n) is 4.08. The van der Waals surface area contributed by atoms with Crippen LogP contribution in [0.2, 0.25) is 0 Å². The van der Waals surface area contributed by atoms with Crippen LogP contribution in [-0.2, 0) is 11.2 Å². The highest BCUT2D eigenvalue weighted by Gasteiger charge is 2.38. The van der Waals surface area contributed by atoms with Crippen molar-refractivity contribution < 1.29 is 29.5 Å². The third-order valence-electron chi connectivity index (χ3n) is 5.56. The number of benzene rings is 1. The highest BCUT2D eigenvalue weighted by molar-refractivity contribution is 6.47. The van der Waals surface area contributed by atoms with E-state index in [2.05, 4.69) is 10.6 Å². The number of para-hydroxylation sites is 1. The molecule has 1 saturated carbocycles. The molecular formula is C19H27BN2O6. The molecule has 8 nitrogen and oxygen atoms in total. The fraction of sp³-hybridized carbons (Fsp3) is 0.579.